The first-order valence-electron chi connectivity index (χ1n) is 7.51. The SMILES string of the molecule is COc1ccc(C(=O)NCC(=O)Nc2cc(Cl)ccc2C)cc1OC. The molecular weight excluding hydrogens is 344 g/mol. The summed E-state index contributed by atoms with van der Waals surface area (Å²) in [5.41, 5.74) is 1.85. The highest BCUT2D eigenvalue weighted by atomic mass is 35.5. The van der Waals surface area contributed by atoms with Gasteiger partial charge < -0.3 is 20.1 Å². The summed E-state index contributed by atoms with van der Waals surface area (Å²) in [4.78, 5) is 24.2. The van der Waals surface area contributed by atoms with Gasteiger partial charge in [0.15, 0.2) is 11.5 Å². The number of nitrogens with one attached hydrogen (secondary N) is 2. The topological polar surface area (TPSA) is 76.7 Å². The Hall–Kier alpha value is -2.73. The molecule has 0 aliphatic carbocycles. The quantitative estimate of drug-likeness (QED) is 0.828. The second-order valence-corrected chi connectivity index (χ2v) is 5.70. The zero-order chi connectivity index (χ0) is 18.4. The zero-order valence-electron chi connectivity index (χ0n) is 14.2. The van der Waals surface area contributed by atoms with Gasteiger partial charge in [-0.2, -0.15) is 0 Å². The number of aryl methyl sites for hydroxylation is 1. The monoisotopic (exact) mass is 362 g/mol. The molecule has 25 heavy (non-hydrogen) atoms. The predicted molar refractivity (Wildman–Crippen MR) is 96.7 cm³/mol. The Morgan fingerprint density at radius 1 is 1.04 bits per heavy atom. The number of amides is 2. The second-order valence-electron chi connectivity index (χ2n) is 5.26. The van der Waals surface area contributed by atoms with Gasteiger partial charge in [0.25, 0.3) is 5.91 Å². The summed E-state index contributed by atoms with van der Waals surface area (Å²) in [6.45, 7) is 1.69. The predicted octanol–water partition coefficient (Wildman–Crippen LogP) is 3.03. The van der Waals surface area contributed by atoms with Crippen LogP contribution in [0.3, 0.4) is 0 Å². The number of benzene rings is 2. The first kappa shape index (κ1) is 18.6. The molecule has 2 aromatic carbocycles. The van der Waals surface area contributed by atoms with E-state index in [1.807, 2.05) is 6.92 Å². The highest BCUT2D eigenvalue weighted by Crippen LogP contribution is 2.27. The van der Waals surface area contributed by atoms with Gasteiger partial charge in [-0.15, -0.1) is 0 Å². The van der Waals surface area contributed by atoms with Crippen molar-refractivity contribution < 1.29 is 19.1 Å². The number of anilines is 1. The van der Waals surface area contributed by atoms with Gasteiger partial charge in [0.2, 0.25) is 5.91 Å². The fourth-order valence-corrected chi connectivity index (χ4v) is 2.34. The van der Waals surface area contributed by atoms with Crippen LogP contribution in [0.15, 0.2) is 36.4 Å². The molecule has 0 saturated carbocycles. The highest BCUT2D eigenvalue weighted by molar-refractivity contribution is 6.31. The van der Waals surface area contributed by atoms with Gasteiger partial charge in [0, 0.05) is 16.3 Å². The molecule has 0 aliphatic rings. The van der Waals surface area contributed by atoms with Crippen LogP contribution in [-0.2, 0) is 4.79 Å². The fraction of sp³-hybridized carbons (Fsp3) is 0.222. The highest BCUT2D eigenvalue weighted by Gasteiger charge is 2.12. The summed E-state index contributed by atoms with van der Waals surface area (Å²) in [7, 11) is 3.00. The third kappa shape index (κ3) is 4.87. The molecular formula is C18H19ClN2O4. The number of carbonyl (C=O) groups excluding carboxylic acids is 2. The van der Waals surface area contributed by atoms with Crippen LogP contribution in [0.25, 0.3) is 0 Å². The van der Waals surface area contributed by atoms with E-state index in [4.69, 9.17) is 21.1 Å². The van der Waals surface area contributed by atoms with Gasteiger partial charge in [-0.05, 0) is 42.8 Å². The number of hydrogen-bond donors (Lipinski definition) is 2. The Kier molecular flexibility index (Phi) is 6.25. The standard InChI is InChI=1S/C18H19ClN2O4/c1-11-4-6-13(19)9-14(11)21-17(22)10-20-18(23)12-5-7-15(24-2)16(8-12)25-3/h4-9H,10H2,1-3H3,(H,20,23)(H,21,22). The zero-order valence-corrected chi connectivity index (χ0v) is 14.9. The molecule has 0 aliphatic heterocycles. The van der Waals surface area contributed by atoms with Crippen LogP contribution in [0, 0.1) is 6.92 Å². The molecule has 0 unspecified atom stereocenters. The average Bonchev–Trinajstić information content (AvgIpc) is 2.62. The summed E-state index contributed by atoms with van der Waals surface area (Å²) in [5.74, 6) is 0.223. The molecule has 0 bridgehead atoms. The molecule has 0 aromatic heterocycles. The molecule has 2 aromatic rings. The first-order valence-corrected chi connectivity index (χ1v) is 7.88. The Bertz CT molecular complexity index is 793. The molecule has 0 spiro atoms. The van der Waals surface area contributed by atoms with Crippen molar-refractivity contribution in [3.05, 3.63) is 52.5 Å². The molecule has 0 radical (unpaired) electrons. The van der Waals surface area contributed by atoms with Crippen molar-refractivity contribution in [2.24, 2.45) is 0 Å². The van der Waals surface area contributed by atoms with Crippen LogP contribution in [-0.4, -0.2) is 32.6 Å². The number of methoxy groups -OCH3 is 2. The maximum Gasteiger partial charge on any atom is 0.251 e. The van der Waals surface area contributed by atoms with Gasteiger partial charge in [0.1, 0.15) is 0 Å². The summed E-state index contributed by atoms with van der Waals surface area (Å²) in [6, 6.07) is 9.97. The van der Waals surface area contributed by atoms with E-state index >= 15 is 0 Å². The fourth-order valence-electron chi connectivity index (χ4n) is 2.16. The molecule has 132 valence electrons. The lowest BCUT2D eigenvalue weighted by Crippen LogP contribution is -2.33. The van der Waals surface area contributed by atoms with E-state index in [9.17, 15) is 9.59 Å². The Labute approximate surface area is 151 Å². The third-order valence-electron chi connectivity index (χ3n) is 3.53. The van der Waals surface area contributed by atoms with Crippen LogP contribution in [0.1, 0.15) is 15.9 Å². The Balaban J connectivity index is 1.97. The van der Waals surface area contributed by atoms with Gasteiger partial charge in [-0.25, -0.2) is 0 Å². The minimum Gasteiger partial charge on any atom is -0.493 e. The molecule has 2 rings (SSSR count). The van der Waals surface area contributed by atoms with Gasteiger partial charge in [-0.3, -0.25) is 9.59 Å². The third-order valence-corrected chi connectivity index (χ3v) is 3.76. The number of halogens is 1. The van der Waals surface area contributed by atoms with Crippen molar-refractivity contribution >= 4 is 29.1 Å². The molecule has 6 nitrogen and oxygen atoms in total. The lowest BCUT2D eigenvalue weighted by molar-refractivity contribution is -0.115. The van der Waals surface area contributed by atoms with Crippen molar-refractivity contribution in [2.45, 2.75) is 6.92 Å². The molecule has 2 N–H and O–H groups in total. The van der Waals surface area contributed by atoms with E-state index < -0.39 is 0 Å². The van der Waals surface area contributed by atoms with Crippen molar-refractivity contribution in [1.82, 2.24) is 5.32 Å². The number of hydrogen-bond acceptors (Lipinski definition) is 4. The number of carbonyl (C=O) groups is 2. The number of rotatable bonds is 6. The summed E-state index contributed by atoms with van der Waals surface area (Å²) in [5, 5.41) is 5.80. The normalized spacial score (nSPS) is 10.1. The van der Waals surface area contributed by atoms with E-state index in [0.717, 1.165) is 5.56 Å². The molecule has 0 saturated heterocycles. The summed E-state index contributed by atoms with van der Waals surface area (Å²) in [6.07, 6.45) is 0. The van der Waals surface area contributed by atoms with Crippen LogP contribution in [0.2, 0.25) is 5.02 Å². The van der Waals surface area contributed by atoms with Crippen LogP contribution < -0.4 is 20.1 Å². The van der Waals surface area contributed by atoms with E-state index in [-0.39, 0.29) is 18.4 Å². The largest absolute Gasteiger partial charge is 0.493 e. The molecule has 0 fully saturated rings. The van der Waals surface area contributed by atoms with Crippen molar-refractivity contribution in [3.8, 4) is 11.5 Å². The maximum absolute atomic E-state index is 12.2. The van der Waals surface area contributed by atoms with E-state index in [1.165, 1.54) is 14.2 Å². The minimum atomic E-state index is -0.390. The van der Waals surface area contributed by atoms with E-state index in [2.05, 4.69) is 10.6 Å². The van der Waals surface area contributed by atoms with Gasteiger partial charge in [0.05, 0.1) is 20.8 Å². The molecule has 2 amide bonds. The van der Waals surface area contributed by atoms with Crippen molar-refractivity contribution in [2.75, 3.05) is 26.1 Å². The first-order chi connectivity index (χ1) is 11.9. The smallest absolute Gasteiger partial charge is 0.251 e. The lowest BCUT2D eigenvalue weighted by Gasteiger charge is -2.11. The Morgan fingerprint density at radius 3 is 2.44 bits per heavy atom. The van der Waals surface area contributed by atoms with Crippen molar-refractivity contribution in [3.63, 3.8) is 0 Å². The van der Waals surface area contributed by atoms with Gasteiger partial charge >= 0.3 is 0 Å². The average molecular weight is 363 g/mol. The van der Waals surface area contributed by atoms with Gasteiger partial charge in [-0.1, -0.05) is 17.7 Å². The maximum atomic E-state index is 12.2. The summed E-state index contributed by atoms with van der Waals surface area (Å²) >= 11 is 5.92. The second kappa shape index (κ2) is 8.39. The van der Waals surface area contributed by atoms with Crippen LogP contribution in [0.4, 0.5) is 5.69 Å². The lowest BCUT2D eigenvalue weighted by atomic mass is 10.2. The molecule has 0 atom stereocenters. The molecule has 0 heterocycles. The molecule has 7 heteroatoms. The number of ether oxygens (including phenoxy) is 2. The Morgan fingerprint density at radius 2 is 1.76 bits per heavy atom. The summed E-state index contributed by atoms with van der Waals surface area (Å²) < 4.78 is 10.3. The van der Waals surface area contributed by atoms with Crippen molar-refractivity contribution in [1.29, 1.82) is 0 Å². The van der Waals surface area contributed by atoms with E-state index in [1.54, 1.807) is 36.4 Å². The van der Waals surface area contributed by atoms with Crippen LogP contribution in [0.5, 0.6) is 11.5 Å². The van der Waals surface area contributed by atoms with Crippen LogP contribution >= 0.6 is 11.6 Å². The minimum absolute atomic E-state index is 0.168. The van der Waals surface area contributed by atoms with E-state index in [0.29, 0.717) is 27.8 Å².